The van der Waals surface area contributed by atoms with E-state index in [1.165, 1.54) is 0 Å². The van der Waals surface area contributed by atoms with Crippen LogP contribution in [-0.2, 0) is 16.1 Å². The number of nitrogens with zero attached hydrogens (tertiary/aromatic N) is 3. The lowest BCUT2D eigenvalue weighted by Gasteiger charge is -2.19. The van der Waals surface area contributed by atoms with Crippen molar-refractivity contribution in [1.82, 2.24) is 19.8 Å². The van der Waals surface area contributed by atoms with Gasteiger partial charge in [-0.05, 0) is 12.1 Å². The Morgan fingerprint density at radius 3 is 3.05 bits per heavy atom. The highest BCUT2D eigenvalue weighted by atomic mass is 16.2. The summed E-state index contributed by atoms with van der Waals surface area (Å²) < 4.78 is 1.99. The van der Waals surface area contributed by atoms with Crippen LogP contribution in [0.3, 0.4) is 0 Å². The van der Waals surface area contributed by atoms with Gasteiger partial charge in [-0.3, -0.25) is 9.59 Å². The van der Waals surface area contributed by atoms with Crippen LogP contribution in [0.1, 0.15) is 12.8 Å². The zero-order chi connectivity index (χ0) is 14.7. The first-order valence-electron chi connectivity index (χ1n) is 7.18. The molecule has 0 bridgehead atoms. The molecular formula is C15H18N4O2. The van der Waals surface area contributed by atoms with E-state index >= 15 is 0 Å². The Balaban J connectivity index is 1.61. The van der Waals surface area contributed by atoms with Gasteiger partial charge in [-0.1, -0.05) is 12.1 Å². The van der Waals surface area contributed by atoms with Gasteiger partial charge in [-0.2, -0.15) is 0 Å². The number of imidazole rings is 1. The third kappa shape index (κ3) is 3.04. The molecule has 1 aromatic carbocycles. The number of aromatic nitrogens is 2. The van der Waals surface area contributed by atoms with Crippen molar-refractivity contribution in [3.05, 3.63) is 30.6 Å². The van der Waals surface area contributed by atoms with E-state index in [9.17, 15) is 9.59 Å². The molecule has 0 unspecified atom stereocenters. The molecule has 1 N–H and O–H groups in total. The second kappa shape index (κ2) is 5.95. The molecule has 6 heteroatoms. The maximum atomic E-state index is 12.2. The van der Waals surface area contributed by atoms with Crippen molar-refractivity contribution in [3.63, 3.8) is 0 Å². The van der Waals surface area contributed by atoms with Gasteiger partial charge in [0.2, 0.25) is 11.8 Å². The minimum absolute atomic E-state index is 0.0194. The summed E-state index contributed by atoms with van der Waals surface area (Å²) in [5, 5.41) is 2.78. The zero-order valence-electron chi connectivity index (χ0n) is 11.8. The predicted molar refractivity (Wildman–Crippen MR) is 78.6 cm³/mol. The summed E-state index contributed by atoms with van der Waals surface area (Å²) in [6.45, 7) is 2.25. The molecule has 0 atom stereocenters. The molecule has 0 spiro atoms. The fourth-order valence-electron chi connectivity index (χ4n) is 2.58. The molecule has 2 amide bonds. The Hall–Kier alpha value is -2.37. The molecule has 3 rings (SSSR count). The number of para-hydroxylation sites is 2. The lowest BCUT2D eigenvalue weighted by Crippen LogP contribution is -2.34. The van der Waals surface area contributed by atoms with Gasteiger partial charge in [-0.25, -0.2) is 4.98 Å². The summed E-state index contributed by atoms with van der Waals surface area (Å²) in [5.74, 6) is 0.107. The maximum absolute atomic E-state index is 12.2. The van der Waals surface area contributed by atoms with Crippen LogP contribution in [0.25, 0.3) is 11.0 Å². The van der Waals surface area contributed by atoms with Crippen LogP contribution in [0.5, 0.6) is 0 Å². The van der Waals surface area contributed by atoms with Gasteiger partial charge in [0.15, 0.2) is 0 Å². The summed E-state index contributed by atoms with van der Waals surface area (Å²) >= 11 is 0. The highest BCUT2D eigenvalue weighted by Gasteiger charge is 2.18. The molecule has 1 fully saturated rings. The predicted octanol–water partition coefficient (Wildman–Crippen LogP) is 0.775. The Kier molecular flexibility index (Phi) is 3.85. The van der Waals surface area contributed by atoms with E-state index in [0.717, 1.165) is 11.0 Å². The van der Waals surface area contributed by atoms with Crippen LogP contribution >= 0.6 is 0 Å². The van der Waals surface area contributed by atoms with Crippen LogP contribution < -0.4 is 5.32 Å². The number of nitrogens with one attached hydrogen (secondary N) is 1. The van der Waals surface area contributed by atoms with Crippen molar-refractivity contribution in [1.29, 1.82) is 0 Å². The maximum Gasteiger partial charge on any atom is 0.224 e. The first-order valence-corrected chi connectivity index (χ1v) is 7.18. The third-order valence-corrected chi connectivity index (χ3v) is 3.76. The minimum atomic E-state index is 0.0194. The average Bonchev–Trinajstić information content (AvgIpc) is 2.78. The summed E-state index contributed by atoms with van der Waals surface area (Å²) in [6.07, 6.45) is 2.58. The molecular weight excluding hydrogens is 268 g/mol. The quantitative estimate of drug-likeness (QED) is 0.906. The molecule has 1 aromatic heterocycles. The second-order valence-electron chi connectivity index (χ2n) is 5.16. The molecule has 2 aromatic rings. The fraction of sp³-hybridized carbons (Fsp3) is 0.400. The van der Waals surface area contributed by atoms with Gasteiger partial charge in [0.25, 0.3) is 0 Å². The Bertz CT molecular complexity index is 664. The lowest BCUT2D eigenvalue weighted by atomic mass is 10.3. The summed E-state index contributed by atoms with van der Waals surface area (Å²) in [4.78, 5) is 29.6. The van der Waals surface area contributed by atoms with Crippen LogP contribution in [0.15, 0.2) is 30.6 Å². The van der Waals surface area contributed by atoms with Crippen LogP contribution in [-0.4, -0.2) is 45.9 Å². The van der Waals surface area contributed by atoms with Crippen molar-refractivity contribution in [2.45, 2.75) is 19.4 Å². The Morgan fingerprint density at radius 2 is 2.14 bits per heavy atom. The molecule has 1 aliphatic rings. The number of benzene rings is 1. The molecule has 1 aliphatic heterocycles. The largest absolute Gasteiger partial charge is 0.354 e. The summed E-state index contributed by atoms with van der Waals surface area (Å²) in [6, 6.07) is 7.88. The average molecular weight is 286 g/mol. The molecule has 1 saturated heterocycles. The number of rotatable bonds is 3. The number of hydrogen-bond acceptors (Lipinski definition) is 3. The molecule has 21 heavy (non-hydrogen) atoms. The number of amides is 2. The highest BCUT2D eigenvalue weighted by Crippen LogP contribution is 2.12. The van der Waals surface area contributed by atoms with Crippen LogP contribution in [0.2, 0.25) is 0 Å². The van der Waals surface area contributed by atoms with E-state index in [1.54, 1.807) is 11.2 Å². The summed E-state index contributed by atoms with van der Waals surface area (Å²) in [5.41, 5.74) is 1.98. The van der Waals surface area contributed by atoms with E-state index in [2.05, 4.69) is 10.3 Å². The molecule has 2 heterocycles. The first-order chi connectivity index (χ1) is 10.2. The van der Waals surface area contributed by atoms with Crippen molar-refractivity contribution >= 4 is 22.8 Å². The van der Waals surface area contributed by atoms with Gasteiger partial charge < -0.3 is 14.8 Å². The molecule has 0 radical (unpaired) electrons. The normalized spacial score (nSPS) is 15.8. The van der Waals surface area contributed by atoms with E-state index in [4.69, 9.17) is 0 Å². The zero-order valence-corrected chi connectivity index (χ0v) is 11.8. The number of carbonyl (C=O) groups is 2. The topological polar surface area (TPSA) is 67.2 Å². The highest BCUT2D eigenvalue weighted by molar-refractivity contribution is 5.80. The van der Waals surface area contributed by atoms with Gasteiger partial charge in [0.05, 0.1) is 17.4 Å². The standard InChI is InChI=1S/C15H18N4O2/c20-14-5-8-18(10-7-16-14)15(21)6-9-19-11-17-12-3-1-2-4-13(12)19/h1-4,11H,5-10H2,(H,16,20). The van der Waals surface area contributed by atoms with E-state index < -0.39 is 0 Å². The number of hydrogen-bond donors (Lipinski definition) is 1. The minimum Gasteiger partial charge on any atom is -0.354 e. The number of carbonyl (C=O) groups excluding carboxylic acids is 2. The second-order valence-corrected chi connectivity index (χ2v) is 5.16. The monoisotopic (exact) mass is 286 g/mol. The smallest absolute Gasteiger partial charge is 0.224 e. The van der Waals surface area contributed by atoms with Crippen molar-refractivity contribution in [3.8, 4) is 0 Å². The SMILES string of the molecule is O=C1CCN(C(=O)CCn2cnc3ccccc32)CCN1. The fourth-order valence-corrected chi connectivity index (χ4v) is 2.58. The molecule has 6 nitrogen and oxygen atoms in total. The van der Waals surface area contributed by atoms with Gasteiger partial charge in [0.1, 0.15) is 0 Å². The Morgan fingerprint density at radius 1 is 1.29 bits per heavy atom. The first kappa shape index (κ1) is 13.6. The summed E-state index contributed by atoms with van der Waals surface area (Å²) in [7, 11) is 0. The van der Waals surface area contributed by atoms with E-state index in [-0.39, 0.29) is 11.8 Å². The Labute approximate surface area is 122 Å². The van der Waals surface area contributed by atoms with Crippen molar-refractivity contribution < 1.29 is 9.59 Å². The van der Waals surface area contributed by atoms with Crippen molar-refractivity contribution in [2.75, 3.05) is 19.6 Å². The van der Waals surface area contributed by atoms with E-state index in [0.29, 0.717) is 39.0 Å². The van der Waals surface area contributed by atoms with Crippen LogP contribution in [0.4, 0.5) is 0 Å². The van der Waals surface area contributed by atoms with Gasteiger partial charge in [-0.15, -0.1) is 0 Å². The molecule has 0 aliphatic carbocycles. The number of aryl methyl sites for hydroxylation is 1. The van der Waals surface area contributed by atoms with E-state index in [1.807, 2.05) is 28.8 Å². The van der Waals surface area contributed by atoms with Gasteiger partial charge >= 0.3 is 0 Å². The van der Waals surface area contributed by atoms with Crippen LogP contribution in [0, 0.1) is 0 Å². The third-order valence-electron chi connectivity index (χ3n) is 3.76. The number of fused-ring (bicyclic) bond motifs is 1. The molecule has 110 valence electrons. The molecule has 0 saturated carbocycles. The lowest BCUT2D eigenvalue weighted by molar-refractivity contribution is -0.131. The van der Waals surface area contributed by atoms with Gasteiger partial charge in [0, 0.05) is 39.0 Å². The van der Waals surface area contributed by atoms with Crippen molar-refractivity contribution in [2.24, 2.45) is 0 Å².